The molecule has 0 fully saturated rings. The number of nitrogens with two attached hydrogens (primary N) is 1. The van der Waals surface area contributed by atoms with Crippen LogP contribution in [0.4, 0.5) is 27.8 Å². The van der Waals surface area contributed by atoms with E-state index in [9.17, 15) is 26.7 Å². The van der Waals surface area contributed by atoms with Crippen LogP contribution in [-0.2, 0) is 12.7 Å². The number of amides is 1. The lowest BCUT2D eigenvalue weighted by Crippen LogP contribution is -2.24. The normalized spacial score (nSPS) is 11.2. The molecule has 1 heterocycles. The molecular formula is C20H14F5N3O2. The van der Waals surface area contributed by atoms with Crippen molar-refractivity contribution in [1.82, 2.24) is 10.3 Å². The second kappa shape index (κ2) is 8.36. The van der Waals surface area contributed by atoms with Crippen molar-refractivity contribution in [2.75, 3.05) is 5.73 Å². The summed E-state index contributed by atoms with van der Waals surface area (Å²) in [7, 11) is 0. The van der Waals surface area contributed by atoms with Crippen LogP contribution >= 0.6 is 0 Å². The SMILES string of the molecule is Nc1nc(F)ccc1C(=O)NCc1ccc(Oc2ccc(C(F)(F)F)c(F)c2)cc1. The Morgan fingerprint density at radius 3 is 2.27 bits per heavy atom. The molecule has 0 bridgehead atoms. The molecule has 0 atom stereocenters. The molecule has 3 rings (SSSR count). The minimum Gasteiger partial charge on any atom is -0.457 e. The van der Waals surface area contributed by atoms with E-state index in [1.54, 1.807) is 12.1 Å². The molecule has 0 aliphatic rings. The Morgan fingerprint density at radius 1 is 1.00 bits per heavy atom. The first-order chi connectivity index (χ1) is 14.1. The van der Waals surface area contributed by atoms with Crippen LogP contribution in [0.15, 0.2) is 54.6 Å². The second-order valence-electron chi connectivity index (χ2n) is 6.13. The highest BCUT2D eigenvalue weighted by molar-refractivity contribution is 5.98. The maximum absolute atomic E-state index is 13.6. The van der Waals surface area contributed by atoms with E-state index in [1.165, 1.54) is 18.2 Å². The number of nitrogen functional groups attached to an aromatic ring is 1. The number of aromatic nitrogens is 1. The topological polar surface area (TPSA) is 77.2 Å². The number of ether oxygens (including phenoxy) is 1. The summed E-state index contributed by atoms with van der Waals surface area (Å²) >= 11 is 0. The summed E-state index contributed by atoms with van der Waals surface area (Å²) in [6, 6.07) is 10.7. The zero-order valence-corrected chi connectivity index (χ0v) is 15.1. The van der Waals surface area contributed by atoms with Gasteiger partial charge >= 0.3 is 6.18 Å². The molecule has 0 saturated heterocycles. The summed E-state index contributed by atoms with van der Waals surface area (Å²) in [5.74, 6) is -2.85. The van der Waals surface area contributed by atoms with Crippen molar-refractivity contribution in [3.05, 3.63) is 83.1 Å². The minimum absolute atomic E-state index is 0.0284. The third-order valence-electron chi connectivity index (χ3n) is 3.99. The minimum atomic E-state index is -4.79. The van der Waals surface area contributed by atoms with Crippen LogP contribution < -0.4 is 15.8 Å². The molecule has 0 spiro atoms. The number of benzene rings is 2. The van der Waals surface area contributed by atoms with Crippen molar-refractivity contribution in [3.8, 4) is 11.5 Å². The fourth-order valence-electron chi connectivity index (χ4n) is 2.52. The molecule has 0 aliphatic carbocycles. The fraction of sp³-hybridized carbons (Fsp3) is 0.100. The van der Waals surface area contributed by atoms with Gasteiger partial charge in [-0.2, -0.15) is 17.6 Å². The van der Waals surface area contributed by atoms with Crippen LogP contribution in [-0.4, -0.2) is 10.9 Å². The number of anilines is 1. The summed E-state index contributed by atoms with van der Waals surface area (Å²) < 4.78 is 69.7. The third-order valence-corrected chi connectivity index (χ3v) is 3.99. The molecule has 0 unspecified atom stereocenters. The van der Waals surface area contributed by atoms with Crippen molar-refractivity contribution in [2.45, 2.75) is 12.7 Å². The molecule has 3 N–H and O–H groups in total. The lowest BCUT2D eigenvalue weighted by Gasteiger charge is -2.11. The Hall–Kier alpha value is -3.69. The van der Waals surface area contributed by atoms with Crippen molar-refractivity contribution < 1.29 is 31.5 Å². The van der Waals surface area contributed by atoms with Crippen LogP contribution in [0.3, 0.4) is 0 Å². The zero-order chi connectivity index (χ0) is 21.9. The Bertz CT molecular complexity index is 1070. The average molecular weight is 423 g/mol. The van der Waals surface area contributed by atoms with E-state index in [0.29, 0.717) is 17.7 Å². The van der Waals surface area contributed by atoms with Gasteiger partial charge in [0, 0.05) is 12.6 Å². The number of carbonyl (C=O) groups excluding carboxylic acids is 1. The van der Waals surface area contributed by atoms with E-state index in [-0.39, 0.29) is 29.4 Å². The van der Waals surface area contributed by atoms with Crippen LogP contribution in [0.25, 0.3) is 0 Å². The summed E-state index contributed by atoms with van der Waals surface area (Å²) in [6.45, 7) is 0.116. The first-order valence-electron chi connectivity index (χ1n) is 8.47. The Labute approximate surface area is 167 Å². The van der Waals surface area contributed by atoms with Gasteiger partial charge in [-0.1, -0.05) is 12.1 Å². The average Bonchev–Trinajstić information content (AvgIpc) is 2.66. The van der Waals surface area contributed by atoms with Crippen LogP contribution in [0.2, 0.25) is 0 Å². The van der Waals surface area contributed by atoms with E-state index in [2.05, 4.69) is 10.3 Å². The predicted octanol–water partition coefficient (Wildman–Crippen LogP) is 4.68. The summed E-state index contributed by atoms with van der Waals surface area (Å²) in [5.41, 5.74) is 4.83. The van der Waals surface area contributed by atoms with Crippen molar-refractivity contribution in [1.29, 1.82) is 0 Å². The Balaban J connectivity index is 1.61. The van der Waals surface area contributed by atoms with E-state index in [0.717, 1.165) is 12.1 Å². The van der Waals surface area contributed by atoms with Gasteiger partial charge in [-0.3, -0.25) is 4.79 Å². The van der Waals surface area contributed by atoms with Crippen molar-refractivity contribution in [3.63, 3.8) is 0 Å². The number of hydrogen-bond donors (Lipinski definition) is 2. The molecule has 10 heteroatoms. The highest BCUT2D eigenvalue weighted by Crippen LogP contribution is 2.33. The van der Waals surface area contributed by atoms with Gasteiger partial charge in [0.05, 0.1) is 11.1 Å². The second-order valence-corrected chi connectivity index (χ2v) is 6.13. The number of pyridine rings is 1. The third kappa shape index (κ3) is 5.02. The molecule has 156 valence electrons. The van der Waals surface area contributed by atoms with E-state index in [1.807, 2.05) is 0 Å². The van der Waals surface area contributed by atoms with E-state index >= 15 is 0 Å². The summed E-state index contributed by atoms with van der Waals surface area (Å²) in [5, 5.41) is 2.59. The first-order valence-corrected chi connectivity index (χ1v) is 8.47. The zero-order valence-electron chi connectivity index (χ0n) is 15.1. The highest BCUT2D eigenvalue weighted by atomic mass is 19.4. The van der Waals surface area contributed by atoms with Gasteiger partial charge < -0.3 is 15.8 Å². The van der Waals surface area contributed by atoms with Gasteiger partial charge in [-0.25, -0.2) is 9.37 Å². The highest BCUT2D eigenvalue weighted by Gasteiger charge is 2.34. The largest absolute Gasteiger partial charge is 0.457 e. The first kappa shape index (κ1) is 21.0. The maximum Gasteiger partial charge on any atom is 0.419 e. The van der Waals surface area contributed by atoms with E-state index < -0.39 is 29.4 Å². The summed E-state index contributed by atoms with van der Waals surface area (Å²) in [6.07, 6.45) is -4.79. The van der Waals surface area contributed by atoms with Gasteiger partial charge in [0.2, 0.25) is 5.95 Å². The van der Waals surface area contributed by atoms with E-state index in [4.69, 9.17) is 10.5 Å². The standard InChI is InChI=1S/C20H14F5N3O2/c21-16-9-13(5-7-15(16)20(23,24)25)30-12-3-1-11(2-4-12)10-27-19(29)14-6-8-17(22)28-18(14)26/h1-9H,10H2,(H2,26,28)(H,27,29). The lowest BCUT2D eigenvalue weighted by atomic mass is 10.2. The number of rotatable bonds is 5. The van der Waals surface area contributed by atoms with Gasteiger partial charge in [0.15, 0.2) is 0 Å². The molecular weight excluding hydrogens is 409 g/mol. The molecule has 30 heavy (non-hydrogen) atoms. The molecule has 5 nitrogen and oxygen atoms in total. The van der Waals surface area contributed by atoms with Gasteiger partial charge in [-0.15, -0.1) is 0 Å². The van der Waals surface area contributed by atoms with Crippen LogP contribution in [0.1, 0.15) is 21.5 Å². The quantitative estimate of drug-likeness (QED) is 0.461. The molecule has 1 aromatic heterocycles. The number of alkyl halides is 3. The Morgan fingerprint density at radius 2 is 1.67 bits per heavy atom. The molecule has 0 aliphatic heterocycles. The van der Waals surface area contributed by atoms with Crippen molar-refractivity contribution >= 4 is 11.7 Å². The van der Waals surface area contributed by atoms with Gasteiger partial charge in [-0.05, 0) is 42.0 Å². The predicted molar refractivity (Wildman–Crippen MR) is 97.7 cm³/mol. The Kier molecular flexibility index (Phi) is 5.86. The lowest BCUT2D eigenvalue weighted by molar-refractivity contribution is -0.140. The molecule has 2 aromatic carbocycles. The monoisotopic (exact) mass is 423 g/mol. The molecule has 1 amide bonds. The number of hydrogen-bond acceptors (Lipinski definition) is 4. The molecule has 0 saturated carbocycles. The number of halogens is 5. The summed E-state index contributed by atoms with van der Waals surface area (Å²) in [4.78, 5) is 15.5. The smallest absolute Gasteiger partial charge is 0.419 e. The van der Waals surface area contributed by atoms with Gasteiger partial charge in [0.1, 0.15) is 23.1 Å². The van der Waals surface area contributed by atoms with Crippen LogP contribution in [0, 0.1) is 11.8 Å². The number of nitrogens with zero attached hydrogens (tertiary/aromatic N) is 1. The van der Waals surface area contributed by atoms with Crippen molar-refractivity contribution in [2.24, 2.45) is 0 Å². The van der Waals surface area contributed by atoms with Gasteiger partial charge in [0.25, 0.3) is 5.91 Å². The number of nitrogens with one attached hydrogen (secondary N) is 1. The molecule has 3 aromatic rings. The fourth-order valence-corrected chi connectivity index (χ4v) is 2.52. The number of carbonyl (C=O) groups is 1. The maximum atomic E-state index is 13.6. The van der Waals surface area contributed by atoms with Crippen LogP contribution in [0.5, 0.6) is 11.5 Å². The molecule has 0 radical (unpaired) electrons.